The van der Waals surface area contributed by atoms with E-state index in [1.807, 2.05) is 30.5 Å². The molecule has 0 amide bonds. The first kappa shape index (κ1) is 18.6. The van der Waals surface area contributed by atoms with Gasteiger partial charge < -0.3 is 4.57 Å². The summed E-state index contributed by atoms with van der Waals surface area (Å²) >= 11 is 4.84. The van der Waals surface area contributed by atoms with E-state index >= 15 is 0 Å². The first-order valence-electron chi connectivity index (χ1n) is 8.38. The average molecular weight is 455 g/mol. The predicted molar refractivity (Wildman–Crippen MR) is 115 cm³/mol. The number of pyridine rings is 2. The second-order valence-electron chi connectivity index (χ2n) is 6.18. The first-order chi connectivity index (χ1) is 13.5. The maximum absolute atomic E-state index is 13.5. The lowest BCUT2D eigenvalue weighted by Crippen LogP contribution is -2.22. The Bertz CT molecular complexity index is 1310. The van der Waals surface area contributed by atoms with Gasteiger partial charge in [0.2, 0.25) is 5.56 Å². The molecule has 3 aromatic heterocycles. The van der Waals surface area contributed by atoms with E-state index in [-0.39, 0.29) is 11.1 Å². The average Bonchev–Trinajstić information content (AvgIpc) is 2.70. The number of hydrogen-bond donors (Lipinski definition) is 0. The molecule has 0 spiro atoms. The van der Waals surface area contributed by atoms with Crippen LogP contribution in [0.1, 0.15) is 0 Å². The van der Waals surface area contributed by atoms with Crippen molar-refractivity contribution in [1.29, 1.82) is 0 Å². The molecule has 140 valence electrons. The minimum absolute atomic E-state index is 0.134. The predicted octanol–water partition coefficient (Wildman–Crippen LogP) is 3.63. The molecule has 28 heavy (non-hydrogen) atoms. The fourth-order valence-corrected chi connectivity index (χ4v) is 3.57. The van der Waals surface area contributed by atoms with Crippen LogP contribution in [0.2, 0.25) is 0 Å². The number of thioether (sulfide) groups is 1. The summed E-state index contributed by atoms with van der Waals surface area (Å²) in [7, 11) is 1.66. The largest absolute Gasteiger partial charge is 0.318 e. The van der Waals surface area contributed by atoms with Crippen LogP contribution in [0.15, 0.2) is 74.1 Å². The number of aryl methyl sites for hydroxylation is 1. The molecule has 0 unspecified atom stereocenters. The molecule has 0 atom stereocenters. The Balaban J connectivity index is 2.09. The summed E-state index contributed by atoms with van der Waals surface area (Å²) in [6, 6.07) is 12.4. The lowest BCUT2D eigenvalue weighted by Gasteiger charge is -2.13. The van der Waals surface area contributed by atoms with Gasteiger partial charge in [-0.15, -0.1) is 0 Å². The molecule has 4 rings (SSSR count). The summed E-state index contributed by atoms with van der Waals surface area (Å²) in [5.74, 6) is 0. The lowest BCUT2D eigenvalue weighted by molar-refractivity contribution is 0.861. The number of rotatable bonds is 3. The molecule has 0 aliphatic carbocycles. The van der Waals surface area contributed by atoms with Crippen LogP contribution in [-0.4, -0.2) is 25.4 Å². The Morgan fingerprint density at radius 2 is 1.82 bits per heavy atom. The molecule has 8 heteroatoms. The van der Waals surface area contributed by atoms with Crippen LogP contribution in [0, 0.1) is 0 Å². The number of hydrogen-bond acceptors (Lipinski definition) is 5. The van der Waals surface area contributed by atoms with Crippen molar-refractivity contribution in [2.24, 2.45) is 7.05 Å². The third kappa shape index (κ3) is 3.29. The lowest BCUT2D eigenvalue weighted by atomic mass is 10.1. The second-order valence-corrected chi connectivity index (χ2v) is 7.87. The number of nitrogens with zero attached hydrogens (tertiary/aromatic N) is 4. The normalized spacial score (nSPS) is 11.1. The SMILES string of the molecule is CSc1ncc2cc(-c3ccc(=O)n(C)c3)c(=O)n(-c3ccc(Br)cc3)c2n1. The van der Waals surface area contributed by atoms with E-state index in [1.165, 1.54) is 22.4 Å². The zero-order chi connectivity index (χ0) is 19.8. The van der Waals surface area contributed by atoms with Gasteiger partial charge in [-0.05, 0) is 42.7 Å². The van der Waals surface area contributed by atoms with Crippen molar-refractivity contribution in [3.05, 3.63) is 80.0 Å². The Kier molecular flexibility index (Phi) is 4.91. The second kappa shape index (κ2) is 7.37. The molecule has 0 N–H and O–H groups in total. The molecule has 0 saturated carbocycles. The summed E-state index contributed by atoms with van der Waals surface area (Å²) in [6.45, 7) is 0. The van der Waals surface area contributed by atoms with E-state index in [9.17, 15) is 9.59 Å². The molecule has 1 aromatic carbocycles. The van der Waals surface area contributed by atoms with E-state index in [4.69, 9.17) is 0 Å². The smallest absolute Gasteiger partial charge is 0.264 e. The number of aromatic nitrogens is 4. The van der Waals surface area contributed by atoms with Gasteiger partial charge >= 0.3 is 0 Å². The molecule has 0 bridgehead atoms. The number of fused-ring (bicyclic) bond motifs is 1. The van der Waals surface area contributed by atoms with Crippen molar-refractivity contribution in [1.82, 2.24) is 19.1 Å². The van der Waals surface area contributed by atoms with Crippen LogP contribution in [0.4, 0.5) is 0 Å². The standard InChI is InChI=1S/C20H15BrN4O2S/c1-24-11-12(3-8-17(24)26)16-9-13-10-22-20(28-2)23-18(13)25(19(16)27)15-6-4-14(21)5-7-15/h3-11H,1-2H3. The van der Waals surface area contributed by atoms with Crippen LogP contribution < -0.4 is 11.1 Å². The van der Waals surface area contributed by atoms with Crippen molar-refractivity contribution in [3.63, 3.8) is 0 Å². The van der Waals surface area contributed by atoms with Crippen molar-refractivity contribution < 1.29 is 0 Å². The number of benzene rings is 1. The van der Waals surface area contributed by atoms with Gasteiger partial charge in [-0.2, -0.15) is 0 Å². The minimum atomic E-state index is -0.209. The van der Waals surface area contributed by atoms with Gasteiger partial charge in [-0.3, -0.25) is 14.2 Å². The maximum atomic E-state index is 13.5. The van der Waals surface area contributed by atoms with E-state index in [2.05, 4.69) is 25.9 Å². The fourth-order valence-electron chi connectivity index (χ4n) is 2.97. The summed E-state index contributed by atoms with van der Waals surface area (Å²) in [5.41, 5.74) is 2.04. The van der Waals surface area contributed by atoms with Crippen LogP contribution in [0.25, 0.3) is 27.8 Å². The molecule has 0 aliphatic heterocycles. The zero-order valence-electron chi connectivity index (χ0n) is 15.1. The molecule has 6 nitrogen and oxygen atoms in total. The van der Waals surface area contributed by atoms with Crippen molar-refractivity contribution in [2.45, 2.75) is 5.16 Å². The van der Waals surface area contributed by atoms with Gasteiger partial charge in [0.15, 0.2) is 10.8 Å². The van der Waals surface area contributed by atoms with Crippen molar-refractivity contribution >= 4 is 38.7 Å². The highest BCUT2D eigenvalue weighted by atomic mass is 79.9. The zero-order valence-corrected chi connectivity index (χ0v) is 17.5. The van der Waals surface area contributed by atoms with Crippen LogP contribution in [-0.2, 0) is 7.05 Å². The quantitative estimate of drug-likeness (QED) is 0.349. The minimum Gasteiger partial charge on any atom is -0.318 e. The molecule has 0 saturated heterocycles. The van der Waals surface area contributed by atoms with Crippen molar-refractivity contribution in [3.8, 4) is 16.8 Å². The van der Waals surface area contributed by atoms with E-state index in [0.717, 1.165) is 9.86 Å². The fraction of sp³-hybridized carbons (Fsp3) is 0.100. The third-order valence-electron chi connectivity index (χ3n) is 4.38. The van der Waals surface area contributed by atoms with Gasteiger partial charge in [-0.25, -0.2) is 9.97 Å². The summed E-state index contributed by atoms with van der Waals surface area (Å²) in [5, 5.41) is 1.33. The van der Waals surface area contributed by atoms with E-state index in [0.29, 0.717) is 27.6 Å². The molecule has 0 fully saturated rings. The van der Waals surface area contributed by atoms with Gasteiger partial charge in [0.25, 0.3) is 5.56 Å². The van der Waals surface area contributed by atoms with Crippen LogP contribution in [0.3, 0.4) is 0 Å². The van der Waals surface area contributed by atoms with Crippen LogP contribution >= 0.6 is 27.7 Å². The van der Waals surface area contributed by atoms with Gasteiger partial charge in [0.1, 0.15) is 0 Å². The highest BCUT2D eigenvalue weighted by molar-refractivity contribution is 9.10. The highest BCUT2D eigenvalue weighted by Gasteiger charge is 2.15. The van der Waals surface area contributed by atoms with Crippen LogP contribution in [0.5, 0.6) is 0 Å². The van der Waals surface area contributed by atoms with Crippen molar-refractivity contribution in [2.75, 3.05) is 6.26 Å². The van der Waals surface area contributed by atoms with E-state index in [1.54, 1.807) is 36.1 Å². The Morgan fingerprint density at radius 3 is 2.50 bits per heavy atom. The molecular weight excluding hydrogens is 440 g/mol. The Labute approximate surface area is 173 Å². The summed E-state index contributed by atoms with van der Waals surface area (Å²) < 4.78 is 3.96. The maximum Gasteiger partial charge on any atom is 0.264 e. The summed E-state index contributed by atoms with van der Waals surface area (Å²) in [4.78, 5) is 34.1. The molecule has 0 aliphatic rings. The number of halogens is 1. The molecule has 0 radical (unpaired) electrons. The van der Waals surface area contributed by atoms with Gasteiger partial charge in [-0.1, -0.05) is 27.7 Å². The van der Waals surface area contributed by atoms with Gasteiger partial charge in [0.05, 0.1) is 5.69 Å². The molecule has 4 aromatic rings. The Hall–Kier alpha value is -2.71. The first-order valence-corrected chi connectivity index (χ1v) is 10.4. The monoisotopic (exact) mass is 454 g/mol. The Morgan fingerprint density at radius 1 is 1.07 bits per heavy atom. The highest BCUT2D eigenvalue weighted by Crippen LogP contribution is 2.23. The topological polar surface area (TPSA) is 69.8 Å². The van der Waals surface area contributed by atoms with E-state index < -0.39 is 0 Å². The van der Waals surface area contributed by atoms with Gasteiger partial charge in [0, 0.05) is 46.5 Å². The molecular formula is C20H15BrN4O2S. The summed E-state index contributed by atoms with van der Waals surface area (Å²) in [6.07, 6.45) is 5.27. The molecule has 3 heterocycles. The third-order valence-corrected chi connectivity index (χ3v) is 5.47.